The highest BCUT2D eigenvalue weighted by Gasteiger charge is 2.16. The number of nitrogens with zero attached hydrogens (tertiary/aromatic N) is 2. The Morgan fingerprint density at radius 2 is 1.78 bits per heavy atom. The van der Waals surface area contributed by atoms with Crippen LogP contribution in [0.2, 0.25) is 0 Å². The number of carbonyl (C=O) groups excluding carboxylic acids is 1. The molecule has 116 valence electrons. The summed E-state index contributed by atoms with van der Waals surface area (Å²) in [4.78, 5) is 24.9. The summed E-state index contributed by atoms with van der Waals surface area (Å²) in [5.41, 5.74) is 0.714. The van der Waals surface area contributed by atoms with Crippen LogP contribution in [0.1, 0.15) is 17.4 Å². The molecule has 0 fully saturated rings. The summed E-state index contributed by atoms with van der Waals surface area (Å²) in [6.07, 6.45) is 0. The summed E-state index contributed by atoms with van der Waals surface area (Å²) in [5.74, 6) is -0.342. The van der Waals surface area contributed by atoms with E-state index in [9.17, 15) is 9.59 Å². The van der Waals surface area contributed by atoms with E-state index in [2.05, 4.69) is 26.3 Å². The molecule has 0 aliphatic rings. The molecule has 0 saturated carbocycles. The van der Waals surface area contributed by atoms with Gasteiger partial charge in [-0.2, -0.15) is 5.10 Å². The zero-order chi connectivity index (χ0) is 16.4. The fraction of sp³-hybridized carbons (Fsp3) is 0.118. The molecule has 0 aliphatic heterocycles. The van der Waals surface area contributed by atoms with Crippen LogP contribution in [0.4, 0.5) is 5.69 Å². The average Bonchev–Trinajstić information content (AvgIpc) is 2.57. The number of aryl methyl sites for hydroxylation is 1. The molecule has 1 aromatic heterocycles. The summed E-state index contributed by atoms with van der Waals surface area (Å²) in [7, 11) is 0. The lowest BCUT2D eigenvalue weighted by molar-refractivity contribution is 0.102. The number of aromatic nitrogens is 2. The maximum Gasteiger partial charge on any atom is 0.276 e. The second-order valence-electron chi connectivity index (χ2n) is 4.98. The van der Waals surface area contributed by atoms with Gasteiger partial charge in [-0.1, -0.05) is 34.1 Å². The van der Waals surface area contributed by atoms with E-state index < -0.39 is 0 Å². The van der Waals surface area contributed by atoms with Crippen molar-refractivity contribution in [2.24, 2.45) is 0 Å². The number of benzene rings is 2. The van der Waals surface area contributed by atoms with Crippen molar-refractivity contribution in [1.29, 1.82) is 0 Å². The summed E-state index contributed by atoms with van der Waals surface area (Å²) < 4.78 is 2.23. The molecule has 0 aliphatic carbocycles. The van der Waals surface area contributed by atoms with E-state index in [-0.39, 0.29) is 17.2 Å². The maximum absolute atomic E-state index is 12.6. The normalized spacial score (nSPS) is 10.7. The lowest BCUT2D eigenvalue weighted by atomic mass is 10.1. The topological polar surface area (TPSA) is 64.0 Å². The summed E-state index contributed by atoms with van der Waals surface area (Å²) in [6.45, 7) is 2.22. The molecule has 23 heavy (non-hydrogen) atoms. The second kappa shape index (κ2) is 6.34. The van der Waals surface area contributed by atoms with Gasteiger partial charge in [-0.25, -0.2) is 4.68 Å². The van der Waals surface area contributed by atoms with Crippen molar-refractivity contribution < 1.29 is 4.79 Å². The first kappa shape index (κ1) is 15.4. The van der Waals surface area contributed by atoms with Crippen LogP contribution in [-0.4, -0.2) is 15.7 Å². The Hall–Kier alpha value is -2.47. The van der Waals surface area contributed by atoms with Gasteiger partial charge in [0.2, 0.25) is 0 Å². The number of carbonyl (C=O) groups is 1. The maximum atomic E-state index is 12.6. The monoisotopic (exact) mass is 371 g/mol. The quantitative estimate of drug-likeness (QED) is 0.766. The van der Waals surface area contributed by atoms with Gasteiger partial charge in [0.25, 0.3) is 11.5 Å². The molecule has 5 nitrogen and oxygen atoms in total. The first-order valence-corrected chi connectivity index (χ1v) is 7.96. The van der Waals surface area contributed by atoms with E-state index in [1.807, 2.05) is 19.1 Å². The van der Waals surface area contributed by atoms with Gasteiger partial charge >= 0.3 is 0 Å². The van der Waals surface area contributed by atoms with Crippen molar-refractivity contribution in [2.45, 2.75) is 13.5 Å². The van der Waals surface area contributed by atoms with Crippen molar-refractivity contribution >= 4 is 38.3 Å². The number of halogens is 1. The summed E-state index contributed by atoms with van der Waals surface area (Å²) in [6, 6.07) is 14.3. The molecular weight excluding hydrogens is 358 g/mol. The van der Waals surface area contributed by atoms with Gasteiger partial charge in [-0.3, -0.25) is 9.59 Å². The number of amides is 1. The lowest BCUT2D eigenvalue weighted by Gasteiger charge is -2.10. The zero-order valence-electron chi connectivity index (χ0n) is 12.4. The summed E-state index contributed by atoms with van der Waals surface area (Å²) in [5, 5.41) is 8.07. The van der Waals surface area contributed by atoms with E-state index in [1.165, 1.54) is 4.68 Å². The average molecular weight is 372 g/mol. The number of rotatable bonds is 3. The molecule has 0 radical (unpaired) electrons. The molecule has 1 heterocycles. The molecule has 3 aromatic rings. The van der Waals surface area contributed by atoms with Crippen LogP contribution in [0.15, 0.2) is 57.8 Å². The highest BCUT2D eigenvalue weighted by Crippen LogP contribution is 2.17. The number of nitrogens with one attached hydrogen (secondary N) is 1. The minimum absolute atomic E-state index is 0.191. The third-order valence-electron chi connectivity index (χ3n) is 3.48. The molecule has 0 bridgehead atoms. The number of fused-ring (bicyclic) bond motifs is 1. The van der Waals surface area contributed by atoms with Gasteiger partial charge in [0, 0.05) is 22.1 Å². The molecule has 0 saturated heterocycles. The van der Waals surface area contributed by atoms with Crippen LogP contribution in [0.5, 0.6) is 0 Å². The minimum atomic E-state index is -0.342. The Morgan fingerprint density at radius 1 is 1.13 bits per heavy atom. The van der Waals surface area contributed by atoms with Crippen LogP contribution in [0.3, 0.4) is 0 Å². The number of anilines is 1. The van der Waals surface area contributed by atoms with E-state index >= 15 is 0 Å². The second-order valence-corrected chi connectivity index (χ2v) is 5.89. The van der Waals surface area contributed by atoms with E-state index in [0.717, 1.165) is 4.47 Å². The van der Waals surface area contributed by atoms with E-state index in [1.54, 1.807) is 36.4 Å². The van der Waals surface area contributed by atoms with Gasteiger partial charge < -0.3 is 5.32 Å². The van der Waals surface area contributed by atoms with Crippen LogP contribution < -0.4 is 10.9 Å². The molecule has 1 amide bonds. The Labute approximate surface area is 141 Å². The fourth-order valence-electron chi connectivity index (χ4n) is 2.34. The lowest BCUT2D eigenvalue weighted by Crippen LogP contribution is -2.27. The van der Waals surface area contributed by atoms with Crippen molar-refractivity contribution in [3.05, 3.63) is 69.1 Å². The molecular formula is C17H14BrN3O2. The van der Waals surface area contributed by atoms with E-state index in [0.29, 0.717) is 23.0 Å². The van der Waals surface area contributed by atoms with Gasteiger partial charge in [0.1, 0.15) is 0 Å². The molecule has 6 heteroatoms. The predicted octanol–water partition coefficient (Wildman–Crippen LogP) is 3.43. The highest BCUT2D eigenvalue weighted by atomic mass is 79.9. The Balaban J connectivity index is 2.08. The molecule has 2 aromatic carbocycles. The van der Waals surface area contributed by atoms with Crippen LogP contribution in [-0.2, 0) is 6.54 Å². The van der Waals surface area contributed by atoms with Crippen molar-refractivity contribution in [3.63, 3.8) is 0 Å². The first-order valence-electron chi connectivity index (χ1n) is 7.17. The largest absolute Gasteiger partial charge is 0.321 e. The van der Waals surface area contributed by atoms with Crippen molar-refractivity contribution in [3.8, 4) is 0 Å². The van der Waals surface area contributed by atoms with Crippen molar-refractivity contribution in [1.82, 2.24) is 9.78 Å². The number of hydrogen-bond donors (Lipinski definition) is 1. The van der Waals surface area contributed by atoms with Crippen molar-refractivity contribution in [2.75, 3.05) is 5.32 Å². The first-order chi connectivity index (χ1) is 11.1. The van der Waals surface area contributed by atoms with Crippen LogP contribution in [0, 0.1) is 0 Å². The highest BCUT2D eigenvalue weighted by molar-refractivity contribution is 9.10. The van der Waals surface area contributed by atoms with Gasteiger partial charge in [0.15, 0.2) is 5.69 Å². The third kappa shape index (κ3) is 3.03. The standard InChI is InChI=1S/C17H14BrN3O2/c1-2-21-17(23)14-6-4-3-5-13(14)15(20-21)16(22)19-12-9-7-11(18)8-10-12/h3-10H,2H2,1H3,(H,19,22). The van der Waals surface area contributed by atoms with Gasteiger partial charge in [0.05, 0.1) is 5.39 Å². The zero-order valence-corrected chi connectivity index (χ0v) is 14.0. The smallest absolute Gasteiger partial charge is 0.276 e. The molecule has 0 unspecified atom stereocenters. The van der Waals surface area contributed by atoms with E-state index in [4.69, 9.17) is 0 Å². The summed E-state index contributed by atoms with van der Waals surface area (Å²) >= 11 is 3.35. The molecule has 0 atom stereocenters. The molecule has 3 rings (SSSR count). The third-order valence-corrected chi connectivity index (χ3v) is 4.01. The molecule has 0 spiro atoms. The SMILES string of the molecule is CCn1nc(C(=O)Nc2ccc(Br)cc2)c2ccccc2c1=O. The Bertz CT molecular complexity index is 933. The molecule has 1 N–H and O–H groups in total. The van der Waals surface area contributed by atoms with Crippen LogP contribution in [0.25, 0.3) is 10.8 Å². The minimum Gasteiger partial charge on any atom is -0.321 e. The fourth-order valence-corrected chi connectivity index (χ4v) is 2.61. The van der Waals surface area contributed by atoms with Gasteiger partial charge in [-0.05, 0) is 37.3 Å². The van der Waals surface area contributed by atoms with Gasteiger partial charge in [-0.15, -0.1) is 0 Å². The van der Waals surface area contributed by atoms with Crippen LogP contribution >= 0.6 is 15.9 Å². The predicted molar refractivity (Wildman–Crippen MR) is 93.8 cm³/mol. The Morgan fingerprint density at radius 3 is 2.43 bits per heavy atom. The Kier molecular flexibility index (Phi) is 4.25. The number of hydrogen-bond acceptors (Lipinski definition) is 3.